The van der Waals surface area contributed by atoms with E-state index in [0.29, 0.717) is 27.2 Å². The molecule has 0 saturated carbocycles. The van der Waals surface area contributed by atoms with Crippen molar-refractivity contribution in [1.29, 1.82) is 0 Å². The van der Waals surface area contributed by atoms with Crippen LogP contribution in [-0.2, 0) is 15.4 Å². The Morgan fingerprint density at radius 3 is 2.20 bits per heavy atom. The van der Waals surface area contributed by atoms with Crippen molar-refractivity contribution >= 4 is 66.0 Å². The highest BCUT2D eigenvalue weighted by Crippen LogP contribution is 2.40. The maximum atomic E-state index is 13.0. The van der Waals surface area contributed by atoms with E-state index in [0.717, 1.165) is 21.2 Å². The number of anilines is 2. The summed E-state index contributed by atoms with van der Waals surface area (Å²) in [5.74, 6) is 0.680. The first-order chi connectivity index (χ1) is 16.3. The van der Waals surface area contributed by atoms with Crippen molar-refractivity contribution in [3.05, 3.63) is 87.2 Å². The Hall–Kier alpha value is -2.25. The third-order valence-electron chi connectivity index (χ3n) is 5.81. The molecule has 35 heavy (non-hydrogen) atoms. The Morgan fingerprint density at radius 2 is 1.54 bits per heavy atom. The van der Waals surface area contributed by atoms with Gasteiger partial charge in [0.25, 0.3) is 0 Å². The number of fused-ring (bicyclic) bond motifs is 1. The van der Waals surface area contributed by atoms with Gasteiger partial charge in [0.1, 0.15) is 5.75 Å². The zero-order valence-corrected chi connectivity index (χ0v) is 23.3. The summed E-state index contributed by atoms with van der Waals surface area (Å²) in [4.78, 5) is 0. The van der Waals surface area contributed by atoms with Crippen molar-refractivity contribution in [3.63, 3.8) is 0 Å². The molecule has 0 spiro atoms. The van der Waals surface area contributed by atoms with Gasteiger partial charge in [0.05, 0.1) is 23.7 Å². The Labute approximate surface area is 221 Å². The number of sulfonamides is 1. The van der Waals surface area contributed by atoms with E-state index in [1.165, 1.54) is 10.6 Å². The molecule has 4 aromatic rings. The van der Waals surface area contributed by atoms with Gasteiger partial charge in [-0.3, -0.25) is 0 Å². The molecule has 4 rings (SSSR count). The fourth-order valence-electron chi connectivity index (χ4n) is 4.10. The number of halogens is 2. The summed E-state index contributed by atoms with van der Waals surface area (Å²) in [6.45, 7) is 8.02. The molecule has 0 saturated heterocycles. The highest BCUT2D eigenvalue weighted by molar-refractivity contribution is 7.92. The smallest absolute Gasteiger partial charge is 0.236 e. The molecule has 3 aromatic carbocycles. The predicted molar refractivity (Wildman–Crippen MR) is 150 cm³/mol. The number of rotatable bonds is 7. The van der Waals surface area contributed by atoms with E-state index in [9.17, 15) is 8.42 Å². The highest BCUT2D eigenvalue weighted by atomic mass is 35.5. The topological polar surface area (TPSA) is 46.6 Å². The van der Waals surface area contributed by atoms with Crippen LogP contribution < -0.4 is 9.04 Å². The van der Waals surface area contributed by atoms with Crippen molar-refractivity contribution < 1.29 is 13.2 Å². The third-order valence-corrected chi connectivity index (χ3v) is 8.22. The Morgan fingerprint density at radius 1 is 0.886 bits per heavy atom. The molecule has 0 amide bonds. The maximum absolute atomic E-state index is 13.0. The lowest BCUT2D eigenvalue weighted by atomic mass is 9.78. The van der Waals surface area contributed by atoms with Crippen molar-refractivity contribution in [1.82, 2.24) is 0 Å². The fraction of sp³-hybridized carbons (Fsp3) is 0.259. The first kappa shape index (κ1) is 25.8. The molecule has 0 N–H and O–H groups in total. The lowest BCUT2D eigenvalue weighted by molar-refractivity contribution is 0.242. The molecular weight excluding hydrogens is 521 g/mol. The average Bonchev–Trinajstić information content (AvgIpc) is 3.19. The standard InChI is InChI=1S/C27H27Cl2NO3S2/c1-17(2)33-25-14-20(12-22(29)16-25)27(3,4)19-11-21(28)15-24(13-19)30(35(5,31)32)23-6-7-26-18(10-23)8-9-34-26/h6-17H,1-5H3. The van der Waals surface area contributed by atoms with Gasteiger partial charge in [-0.2, -0.15) is 0 Å². The first-order valence-corrected chi connectivity index (χ1v) is 14.6. The molecule has 1 aromatic heterocycles. The lowest BCUT2D eigenvalue weighted by Gasteiger charge is -2.30. The van der Waals surface area contributed by atoms with Gasteiger partial charge in [0, 0.05) is 20.2 Å². The molecule has 0 aliphatic rings. The van der Waals surface area contributed by atoms with E-state index in [1.807, 2.05) is 67.8 Å². The number of hydrogen-bond donors (Lipinski definition) is 0. The average molecular weight is 549 g/mol. The van der Waals surface area contributed by atoms with Gasteiger partial charge >= 0.3 is 0 Å². The summed E-state index contributed by atoms with van der Waals surface area (Å²) in [7, 11) is -3.66. The van der Waals surface area contributed by atoms with Gasteiger partial charge in [0.2, 0.25) is 10.0 Å². The molecule has 0 bridgehead atoms. The zero-order valence-electron chi connectivity index (χ0n) is 20.2. The zero-order chi connectivity index (χ0) is 25.5. The van der Waals surface area contributed by atoms with Crippen LogP contribution in [0.15, 0.2) is 66.0 Å². The van der Waals surface area contributed by atoms with Crippen LogP contribution >= 0.6 is 34.5 Å². The second-order valence-corrected chi connectivity index (χ2v) is 13.0. The first-order valence-electron chi connectivity index (χ1n) is 11.1. The van der Waals surface area contributed by atoms with Crippen molar-refractivity contribution in [3.8, 4) is 5.75 Å². The number of ether oxygens (including phenoxy) is 1. The van der Waals surface area contributed by atoms with E-state index in [1.54, 1.807) is 23.5 Å². The summed E-state index contributed by atoms with van der Waals surface area (Å²) >= 11 is 14.6. The Bertz CT molecular complexity index is 1490. The monoisotopic (exact) mass is 547 g/mol. The second kappa shape index (κ2) is 9.66. The SMILES string of the molecule is CC(C)Oc1cc(Cl)cc(C(C)(C)c2cc(Cl)cc(N(c3ccc4sccc4c3)S(C)(=O)=O)c2)c1. The molecule has 0 unspecified atom stereocenters. The number of benzene rings is 3. The van der Waals surface area contributed by atoms with Crippen molar-refractivity contribution in [2.75, 3.05) is 10.6 Å². The summed E-state index contributed by atoms with van der Waals surface area (Å²) in [5, 5.41) is 3.98. The summed E-state index contributed by atoms with van der Waals surface area (Å²) in [6.07, 6.45) is 1.20. The molecule has 0 atom stereocenters. The van der Waals surface area contributed by atoms with Crippen LogP contribution in [0.5, 0.6) is 5.75 Å². The van der Waals surface area contributed by atoms with Gasteiger partial charge < -0.3 is 4.74 Å². The molecule has 8 heteroatoms. The van der Waals surface area contributed by atoms with E-state index in [2.05, 4.69) is 13.8 Å². The van der Waals surface area contributed by atoms with Crippen LogP contribution in [0.4, 0.5) is 11.4 Å². The second-order valence-electron chi connectivity index (χ2n) is 9.34. The number of hydrogen-bond acceptors (Lipinski definition) is 4. The van der Waals surface area contributed by atoms with E-state index in [4.69, 9.17) is 27.9 Å². The van der Waals surface area contributed by atoms with E-state index in [-0.39, 0.29) is 6.10 Å². The molecular formula is C27H27Cl2NO3S2. The molecule has 0 fully saturated rings. The largest absolute Gasteiger partial charge is 0.491 e. The lowest BCUT2D eigenvalue weighted by Crippen LogP contribution is -2.26. The van der Waals surface area contributed by atoms with Gasteiger partial charge in [-0.1, -0.05) is 37.0 Å². The van der Waals surface area contributed by atoms with Crippen molar-refractivity contribution in [2.24, 2.45) is 0 Å². The number of thiophene rings is 1. The molecule has 0 radical (unpaired) electrons. The van der Waals surface area contributed by atoms with Crippen LogP contribution in [0.25, 0.3) is 10.1 Å². The molecule has 1 heterocycles. The van der Waals surface area contributed by atoms with Gasteiger partial charge in [-0.05, 0) is 96.4 Å². The minimum absolute atomic E-state index is 0.00564. The van der Waals surface area contributed by atoms with Gasteiger partial charge in [-0.15, -0.1) is 11.3 Å². The quantitative estimate of drug-likeness (QED) is 0.233. The van der Waals surface area contributed by atoms with Gasteiger partial charge in [-0.25, -0.2) is 12.7 Å². The fourth-order valence-corrected chi connectivity index (χ4v) is 6.31. The number of nitrogens with zero attached hydrogens (tertiary/aromatic N) is 1. The molecule has 0 aliphatic carbocycles. The highest BCUT2D eigenvalue weighted by Gasteiger charge is 2.28. The molecule has 4 nitrogen and oxygen atoms in total. The summed E-state index contributed by atoms with van der Waals surface area (Å²) in [5.41, 5.74) is 2.26. The van der Waals surface area contributed by atoms with Crippen LogP contribution in [0, 0.1) is 0 Å². The maximum Gasteiger partial charge on any atom is 0.236 e. The Kier molecular flexibility index (Phi) is 7.13. The van der Waals surface area contributed by atoms with Crippen LogP contribution in [-0.4, -0.2) is 20.8 Å². The summed E-state index contributed by atoms with van der Waals surface area (Å²) < 4.78 is 34.3. The van der Waals surface area contributed by atoms with Crippen LogP contribution in [0.3, 0.4) is 0 Å². The van der Waals surface area contributed by atoms with E-state index < -0.39 is 15.4 Å². The predicted octanol–water partition coefficient (Wildman–Crippen LogP) is 8.42. The van der Waals surface area contributed by atoms with Gasteiger partial charge in [0.15, 0.2) is 0 Å². The molecule has 184 valence electrons. The minimum atomic E-state index is -3.66. The van der Waals surface area contributed by atoms with Crippen molar-refractivity contribution in [2.45, 2.75) is 39.2 Å². The minimum Gasteiger partial charge on any atom is -0.491 e. The van der Waals surface area contributed by atoms with Crippen LogP contribution in [0.2, 0.25) is 10.0 Å². The van der Waals surface area contributed by atoms with Crippen LogP contribution in [0.1, 0.15) is 38.8 Å². The Balaban J connectivity index is 1.84. The van der Waals surface area contributed by atoms with E-state index >= 15 is 0 Å². The molecule has 0 aliphatic heterocycles. The summed E-state index contributed by atoms with van der Waals surface area (Å²) in [6, 6.07) is 18.7. The third kappa shape index (κ3) is 5.61. The normalized spacial score (nSPS) is 12.3.